The minimum atomic E-state index is -0.200. The molecule has 0 atom stereocenters. The summed E-state index contributed by atoms with van der Waals surface area (Å²) in [4.78, 5) is 9.06. The van der Waals surface area contributed by atoms with Crippen LogP contribution in [0.3, 0.4) is 0 Å². The van der Waals surface area contributed by atoms with Crippen LogP contribution in [0.25, 0.3) is 33.4 Å². The lowest BCUT2D eigenvalue weighted by Crippen LogP contribution is -1.98. The first-order valence-corrected chi connectivity index (χ1v) is 8.73. The molecule has 0 saturated carbocycles. The smallest absolute Gasteiger partial charge is 0.126 e. The van der Waals surface area contributed by atoms with Gasteiger partial charge in [0.05, 0.1) is 23.1 Å². The van der Waals surface area contributed by atoms with Crippen LogP contribution < -0.4 is 0 Å². The molecule has 2 aromatic heterocycles. The van der Waals surface area contributed by atoms with Crippen molar-refractivity contribution in [2.75, 3.05) is 0 Å². The molecule has 0 spiro atoms. The van der Waals surface area contributed by atoms with Crippen molar-refractivity contribution in [3.05, 3.63) is 72.4 Å². The van der Waals surface area contributed by atoms with E-state index in [9.17, 15) is 4.39 Å². The second-order valence-electron chi connectivity index (χ2n) is 6.81. The summed E-state index contributed by atoms with van der Waals surface area (Å²) in [5.74, 6) is -0.200. The van der Waals surface area contributed by atoms with Crippen molar-refractivity contribution in [2.45, 2.75) is 26.8 Å². The first-order valence-electron chi connectivity index (χ1n) is 8.73. The van der Waals surface area contributed by atoms with Gasteiger partial charge in [0.15, 0.2) is 0 Å². The molecule has 2 aromatic carbocycles. The number of hydrogen-bond donors (Lipinski definition) is 0. The lowest BCUT2D eigenvalue weighted by molar-refractivity contribution is 0.617. The van der Waals surface area contributed by atoms with Crippen molar-refractivity contribution in [2.24, 2.45) is 0 Å². The Kier molecular flexibility index (Phi) is 4.03. The highest BCUT2D eigenvalue weighted by Crippen LogP contribution is 2.33. The number of halogens is 1. The molecule has 3 nitrogen and oxygen atoms in total. The number of pyridine rings is 1. The summed E-state index contributed by atoms with van der Waals surface area (Å²) in [6, 6.07) is 15.7. The fraction of sp³-hybridized carbons (Fsp3) is 0.182. The van der Waals surface area contributed by atoms with E-state index in [0.717, 1.165) is 33.4 Å². The van der Waals surface area contributed by atoms with E-state index in [-0.39, 0.29) is 5.82 Å². The van der Waals surface area contributed by atoms with Crippen LogP contribution in [0.2, 0.25) is 0 Å². The van der Waals surface area contributed by atoms with Crippen LogP contribution in [0.1, 0.15) is 25.5 Å². The molecule has 4 rings (SSSR count). The topological polar surface area (TPSA) is 30.7 Å². The predicted octanol–water partition coefficient (Wildman–Crippen LogP) is 5.79. The van der Waals surface area contributed by atoms with Gasteiger partial charge in [0.2, 0.25) is 0 Å². The highest BCUT2D eigenvalue weighted by Gasteiger charge is 2.12. The Morgan fingerprint density at radius 2 is 1.77 bits per heavy atom. The molecule has 0 saturated heterocycles. The van der Waals surface area contributed by atoms with E-state index in [1.54, 1.807) is 19.2 Å². The lowest BCUT2D eigenvalue weighted by atomic mass is 9.98. The van der Waals surface area contributed by atoms with E-state index < -0.39 is 0 Å². The van der Waals surface area contributed by atoms with Crippen LogP contribution in [0.4, 0.5) is 4.39 Å². The Morgan fingerprint density at radius 1 is 0.962 bits per heavy atom. The average Bonchev–Trinajstić information content (AvgIpc) is 3.07. The summed E-state index contributed by atoms with van der Waals surface area (Å²) in [6.07, 6.45) is 3.65. The molecule has 0 N–H and O–H groups in total. The number of benzene rings is 2. The highest BCUT2D eigenvalue weighted by atomic mass is 19.1. The summed E-state index contributed by atoms with van der Waals surface area (Å²) in [6.45, 7) is 6.06. The van der Waals surface area contributed by atoms with Gasteiger partial charge in [-0.25, -0.2) is 9.37 Å². The van der Waals surface area contributed by atoms with Gasteiger partial charge >= 0.3 is 0 Å². The van der Waals surface area contributed by atoms with Gasteiger partial charge in [-0.1, -0.05) is 12.1 Å². The van der Waals surface area contributed by atoms with Gasteiger partial charge in [0.1, 0.15) is 5.82 Å². The maximum atomic E-state index is 13.7. The molecule has 0 bridgehead atoms. The zero-order valence-corrected chi connectivity index (χ0v) is 15.1. The highest BCUT2D eigenvalue weighted by molar-refractivity contribution is 5.87. The van der Waals surface area contributed by atoms with Gasteiger partial charge in [-0.05, 0) is 68.3 Å². The van der Waals surface area contributed by atoms with E-state index in [2.05, 4.69) is 46.6 Å². The van der Waals surface area contributed by atoms with Crippen LogP contribution in [-0.2, 0) is 0 Å². The largest absolute Gasteiger partial charge is 0.328 e. The fourth-order valence-corrected chi connectivity index (χ4v) is 3.27. The van der Waals surface area contributed by atoms with Crippen LogP contribution in [0.5, 0.6) is 0 Å². The second kappa shape index (κ2) is 6.37. The Morgan fingerprint density at radius 3 is 2.54 bits per heavy atom. The van der Waals surface area contributed by atoms with Gasteiger partial charge in [0.25, 0.3) is 0 Å². The van der Waals surface area contributed by atoms with Crippen molar-refractivity contribution >= 4 is 11.0 Å². The standard InChI is InChI=1S/C22H20FN3/c1-14(2)26-13-25-20-9-7-16(12-21(20)26)18-5-4-10-24-22(18)17-6-8-19(23)15(3)11-17/h4-14H,1-3H3. The molecule has 0 aliphatic carbocycles. The van der Waals surface area contributed by atoms with Crippen molar-refractivity contribution in [1.29, 1.82) is 0 Å². The van der Waals surface area contributed by atoms with Crippen molar-refractivity contribution in [3.63, 3.8) is 0 Å². The molecule has 26 heavy (non-hydrogen) atoms. The van der Waals surface area contributed by atoms with Gasteiger partial charge in [-0.3, -0.25) is 4.98 Å². The quantitative estimate of drug-likeness (QED) is 0.470. The fourth-order valence-electron chi connectivity index (χ4n) is 3.27. The van der Waals surface area contributed by atoms with E-state index in [1.807, 2.05) is 24.5 Å². The average molecular weight is 345 g/mol. The van der Waals surface area contributed by atoms with Crippen molar-refractivity contribution in [3.8, 4) is 22.4 Å². The second-order valence-corrected chi connectivity index (χ2v) is 6.81. The summed E-state index contributed by atoms with van der Waals surface area (Å²) < 4.78 is 15.8. The Bertz CT molecular complexity index is 1100. The molecule has 4 aromatic rings. The van der Waals surface area contributed by atoms with Gasteiger partial charge < -0.3 is 4.57 Å². The molecular formula is C22H20FN3. The maximum absolute atomic E-state index is 13.7. The minimum Gasteiger partial charge on any atom is -0.328 e. The molecule has 2 heterocycles. The summed E-state index contributed by atoms with van der Waals surface area (Å²) in [7, 11) is 0. The van der Waals surface area contributed by atoms with Gasteiger partial charge in [0, 0.05) is 23.4 Å². The molecule has 0 aliphatic rings. The number of aryl methyl sites for hydroxylation is 1. The van der Waals surface area contributed by atoms with E-state index >= 15 is 0 Å². The molecule has 0 fully saturated rings. The molecule has 0 radical (unpaired) electrons. The number of nitrogens with zero attached hydrogens (tertiary/aromatic N) is 3. The normalized spacial score (nSPS) is 11.4. The molecular weight excluding hydrogens is 325 g/mol. The first kappa shape index (κ1) is 16.5. The Labute approximate surface area is 152 Å². The summed E-state index contributed by atoms with van der Waals surface area (Å²) in [5, 5.41) is 0. The zero-order chi connectivity index (χ0) is 18.3. The SMILES string of the molecule is Cc1cc(-c2ncccc2-c2ccc3ncn(C(C)C)c3c2)ccc1F. The van der Waals surface area contributed by atoms with Crippen LogP contribution >= 0.6 is 0 Å². The van der Waals surface area contributed by atoms with E-state index in [0.29, 0.717) is 11.6 Å². The molecule has 0 amide bonds. The summed E-state index contributed by atoms with van der Waals surface area (Å²) in [5.41, 5.74) is 6.56. The number of rotatable bonds is 3. The third kappa shape index (κ3) is 2.77. The minimum absolute atomic E-state index is 0.200. The predicted molar refractivity (Wildman–Crippen MR) is 103 cm³/mol. The molecule has 0 aliphatic heterocycles. The Balaban J connectivity index is 1.90. The third-order valence-corrected chi connectivity index (χ3v) is 4.68. The van der Waals surface area contributed by atoms with Crippen molar-refractivity contribution in [1.82, 2.24) is 14.5 Å². The first-order chi connectivity index (χ1) is 12.5. The van der Waals surface area contributed by atoms with Gasteiger partial charge in [-0.2, -0.15) is 0 Å². The molecule has 0 unspecified atom stereocenters. The van der Waals surface area contributed by atoms with Crippen molar-refractivity contribution < 1.29 is 4.39 Å². The van der Waals surface area contributed by atoms with E-state index in [1.165, 1.54) is 6.07 Å². The monoisotopic (exact) mass is 345 g/mol. The van der Waals surface area contributed by atoms with Gasteiger partial charge in [-0.15, -0.1) is 0 Å². The van der Waals surface area contributed by atoms with Crippen LogP contribution in [-0.4, -0.2) is 14.5 Å². The number of fused-ring (bicyclic) bond motifs is 1. The zero-order valence-electron chi connectivity index (χ0n) is 15.1. The maximum Gasteiger partial charge on any atom is 0.126 e. The molecule has 130 valence electrons. The van der Waals surface area contributed by atoms with Crippen LogP contribution in [0, 0.1) is 12.7 Å². The van der Waals surface area contributed by atoms with Crippen LogP contribution in [0.15, 0.2) is 61.1 Å². The number of hydrogen-bond acceptors (Lipinski definition) is 2. The summed E-state index contributed by atoms with van der Waals surface area (Å²) >= 11 is 0. The third-order valence-electron chi connectivity index (χ3n) is 4.68. The number of aromatic nitrogens is 3. The Hall–Kier alpha value is -3.01. The lowest BCUT2D eigenvalue weighted by Gasteiger charge is -2.12. The van der Waals surface area contributed by atoms with E-state index in [4.69, 9.17) is 0 Å². The molecule has 4 heteroatoms. The number of imidazole rings is 1.